The molecule has 0 aromatic carbocycles. The van der Waals surface area contributed by atoms with Crippen LogP contribution >= 0.6 is 0 Å². The molecule has 0 bridgehead atoms. The minimum absolute atomic E-state index is 0.324. The van der Waals surface area contributed by atoms with Gasteiger partial charge in [-0.2, -0.15) is 0 Å². The molecule has 66 valence electrons. The fraction of sp³-hybridized carbons (Fsp3) is 0.500. The van der Waals surface area contributed by atoms with E-state index in [1.807, 2.05) is 0 Å². The Kier molecular flexibility index (Phi) is 3.33. The third-order valence-corrected chi connectivity index (χ3v) is 2.52. The number of rotatable bonds is 3. The molecule has 0 heterocycles. The van der Waals surface area contributed by atoms with E-state index in [0.717, 1.165) is 12.8 Å². The molecule has 0 saturated heterocycles. The highest BCUT2D eigenvalue weighted by atomic mass is 14.2. The van der Waals surface area contributed by atoms with Crippen molar-refractivity contribution in [2.24, 2.45) is 5.41 Å². The fourth-order valence-electron chi connectivity index (χ4n) is 1.54. The highest BCUT2D eigenvalue weighted by Crippen LogP contribution is 2.33. The van der Waals surface area contributed by atoms with E-state index in [4.69, 9.17) is 0 Å². The Labute approximate surface area is 75.7 Å². The molecule has 1 aliphatic rings. The van der Waals surface area contributed by atoms with Gasteiger partial charge in [0, 0.05) is 5.41 Å². The van der Waals surface area contributed by atoms with Crippen molar-refractivity contribution >= 4 is 0 Å². The smallest absolute Gasteiger partial charge is 0.00959 e. The molecule has 0 radical (unpaired) electrons. The summed E-state index contributed by atoms with van der Waals surface area (Å²) in [4.78, 5) is 0. The fourth-order valence-corrected chi connectivity index (χ4v) is 1.54. The van der Waals surface area contributed by atoms with Crippen molar-refractivity contribution in [3.8, 4) is 0 Å². The predicted molar refractivity (Wildman–Crippen MR) is 55.1 cm³/mol. The summed E-state index contributed by atoms with van der Waals surface area (Å²) in [6.45, 7) is 4.44. The van der Waals surface area contributed by atoms with Crippen molar-refractivity contribution in [3.05, 3.63) is 36.5 Å². The van der Waals surface area contributed by atoms with E-state index in [9.17, 15) is 0 Å². The van der Waals surface area contributed by atoms with Crippen LogP contribution in [0.2, 0.25) is 0 Å². The van der Waals surface area contributed by atoms with Gasteiger partial charge in [0.15, 0.2) is 0 Å². The van der Waals surface area contributed by atoms with Gasteiger partial charge < -0.3 is 0 Å². The first kappa shape index (κ1) is 9.31. The summed E-state index contributed by atoms with van der Waals surface area (Å²) >= 11 is 0. The molecule has 0 spiro atoms. The maximum atomic E-state index is 2.35. The predicted octanol–water partition coefficient (Wildman–Crippen LogP) is 3.87. The van der Waals surface area contributed by atoms with Gasteiger partial charge in [0.25, 0.3) is 0 Å². The summed E-state index contributed by atoms with van der Waals surface area (Å²) in [5.41, 5.74) is 0.324. The van der Waals surface area contributed by atoms with Crippen molar-refractivity contribution in [2.75, 3.05) is 0 Å². The molecule has 0 amide bonds. The molecule has 0 aromatic heterocycles. The topological polar surface area (TPSA) is 0 Å². The Morgan fingerprint density at radius 1 is 1.33 bits per heavy atom. The van der Waals surface area contributed by atoms with Crippen LogP contribution in [0.4, 0.5) is 0 Å². The summed E-state index contributed by atoms with van der Waals surface area (Å²) in [6.07, 6.45) is 17.0. The second-order valence-electron chi connectivity index (χ2n) is 3.39. The first-order chi connectivity index (χ1) is 5.83. The van der Waals surface area contributed by atoms with Crippen LogP contribution in [0.25, 0.3) is 0 Å². The molecule has 0 heteroatoms. The summed E-state index contributed by atoms with van der Waals surface area (Å²) in [6, 6.07) is 0. The van der Waals surface area contributed by atoms with Crippen LogP contribution in [0, 0.1) is 5.41 Å². The number of hydrogen-bond acceptors (Lipinski definition) is 0. The summed E-state index contributed by atoms with van der Waals surface area (Å²) in [5, 5.41) is 0. The molecule has 0 fully saturated rings. The zero-order valence-electron chi connectivity index (χ0n) is 8.09. The van der Waals surface area contributed by atoms with Gasteiger partial charge in [-0.1, -0.05) is 50.3 Å². The van der Waals surface area contributed by atoms with E-state index in [2.05, 4.69) is 50.3 Å². The Morgan fingerprint density at radius 2 is 2.17 bits per heavy atom. The summed E-state index contributed by atoms with van der Waals surface area (Å²) in [5.74, 6) is 0. The lowest BCUT2D eigenvalue weighted by atomic mass is 9.79. The Balaban J connectivity index is 2.69. The van der Waals surface area contributed by atoms with Crippen LogP contribution in [0.1, 0.15) is 33.1 Å². The van der Waals surface area contributed by atoms with E-state index < -0.39 is 0 Å². The van der Waals surface area contributed by atoms with Crippen molar-refractivity contribution in [2.45, 2.75) is 33.1 Å². The van der Waals surface area contributed by atoms with Crippen LogP contribution in [-0.2, 0) is 0 Å². The van der Waals surface area contributed by atoms with Gasteiger partial charge >= 0.3 is 0 Å². The first-order valence-corrected chi connectivity index (χ1v) is 4.85. The third-order valence-electron chi connectivity index (χ3n) is 2.52. The molecular weight excluding hydrogens is 144 g/mol. The monoisotopic (exact) mass is 162 g/mol. The second kappa shape index (κ2) is 4.30. The van der Waals surface area contributed by atoms with Gasteiger partial charge in [0.2, 0.25) is 0 Å². The minimum atomic E-state index is 0.324. The van der Waals surface area contributed by atoms with Gasteiger partial charge in [-0.05, 0) is 19.3 Å². The second-order valence-corrected chi connectivity index (χ2v) is 3.39. The van der Waals surface area contributed by atoms with Crippen molar-refractivity contribution < 1.29 is 0 Å². The standard InChI is InChI=1S/C12H18/c1-3-5-9-12(4-2)10-7-6-8-11-12/h5-10H,3-4,11H2,1-2H3. The number of hydrogen-bond donors (Lipinski definition) is 0. The SMILES string of the molecule is CCC=CC1(CC)C=CC=CC1. The quantitative estimate of drug-likeness (QED) is 0.553. The highest BCUT2D eigenvalue weighted by molar-refractivity contribution is 5.22. The minimum Gasteiger partial charge on any atom is -0.0879 e. The largest absolute Gasteiger partial charge is 0.0879 e. The molecule has 0 aliphatic heterocycles. The lowest BCUT2D eigenvalue weighted by Crippen LogP contribution is -2.13. The summed E-state index contributed by atoms with van der Waals surface area (Å²) < 4.78 is 0. The lowest BCUT2D eigenvalue weighted by molar-refractivity contribution is 0.475. The van der Waals surface area contributed by atoms with Crippen LogP contribution < -0.4 is 0 Å². The molecule has 0 nitrogen and oxygen atoms in total. The Bertz CT molecular complexity index is 208. The van der Waals surface area contributed by atoms with Crippen LogP contribution in [0.3, 0.4) is 0 Å². The van der Waals surface area contributed by atoms with Gasteiger partial charge in [-0.15, -0.1) is 0 Å². The van der Waals surface area contributed by atoms with E-state index in [1.54, 1.807) is 0 Å². The molecule has 1 atom stereocenters. The Morgan fingerprint density at radius 3 is 2.67 bits per heavy atom. The first-order valence-electron chi connectivity index (χ1n) is 4.85. The van der Waals surface area contributed by atoms with E-state index >= 15 is 0 Å². The molecule has 0 saturated carbocycles. The number of allylic oxidation sites excluding steroid dienone is 6. The Hall–Kier alpha value is -0.780. The van der Waals surface area contributed by atoms with Gasteiger partial charge in [-0.3, -0.25) is 0 Å². The van der Waals surface area contributed by atoms with Crippen molar-refractivity contribution in [1.82, 2.24) is 0 Å². The molecular formula is C12H18. The molecule has 1 aliphatic carbocycles. The van der Waals surface area contributed by atoms with Crippen LogP contribution in [0.5, 0.6) is 0 Å². The van der Waals surface area contributed by atoms with Crippen LogP contribution in [0.15, 0.2) is 36.5 Å². The molecule has 1 rings (SSSR count). The maximum Gasteiger partial charge on any atom is 0.00959 e. The third kappa shape index (κ3) is 2.10. The maximum absolute atomic E-state index is 2.35. The average Bonchev–Trinajstić information content (AvgIpc) is 2.16. The highest BCUT2D eigenvalue weighted by Gasteiger charge is 2.20. The average molecular weight is 162 g/mol. The normalized spacial score (nSPS) is 28.5. The van der Waals surface area contributed by atoms with E-state index in [1.165, 1.54) is 6.42 Å². The zero-order chi connectivity index (χ0) is 8.86. The molecule has 0 N–H and O–H groups in total. The van der Waals surface area contributed by atoms with E-state index in [0.29, 0.717) is 5.41 Å². The van der Waals surface area contributed by atoms with Gasteiger partial charge in [-0.25, -0.2) is 0 Å². The lowest BCUT2D eigenvalue weighted by Gasteiger charge is -2.26. The zero-order valence-corrected chi connectivity index (χ0v) is 8.09. The van der Waals surface area contributed by atoms with Gasteiger partial charge in [0.1, 0.15) is 0 Å². The van der Waals surface area contributed by atoms with Crippen molar-refractivity contribution in [3.63, 3.8) is 0 Å². The molecule has 0 aromatic rings. The van der Waals surface area contributed by atoms with Gasteiger partial charge in [0.05, 0.1) is 0 Å². The van der Waals surface area contributed by atoms with Crippen molar-refractivity contribution in [1.29, 1.82) is 0 Å². The van der Waals surface area contributed by atoms with Crippen LogP contribution in [-0.4, -0.2) is 0 Å². The summed E-state index contributed by atoms with van der Waals surface area (Å²) in [7, 11) is 0. The van der Waals surface area contributed by atoms with E-state index in [-0.39, 0.29) is 0 Å². The molecule has 1 unspecified atom stereocenters. The molecule has 12 heavy (non-hydrogen) atoms.